The van der Waals surface area contributed by atoms with Crippen LogP contribution in [0, 0.1) is 0 Å². The zero-order valence-electron chi connectivity index (χ0n) is 11.0. The number of benzene rings is 1. The molecule has 0 N–H and O–H groups in total. The molecule has 2 aromatic rings. The first kappa shape index (κ1) is 14.4. The van der Waals surface area contributed by atoms with Gasteiger partial charge in [-0.1, -0.05) is 0 Å². The van der Waals surface area contributed by atoms with Crippen molar-refractivity contribution < 1.29 is 17.9 Å². The van der Waals surface area contributed by atoms with Gasteiger partial charge in [-0.05, 0) is 12.1 Å². The average Bonchev–Trinajstić information content (AvgIpc) is 2.43. The van der Waals surface area contributed by atoms with Gasteiger partial charge in [0.1, 0.15) is 0 Å². The molecule has 112 valence electrons. The van der Waals surface area contributed by atoms with Gasteiger partial charge in [0.15, 0.2) is 0 Å². The summed E-state index contributed by atoms with van der Waals surface area (Å²) in [5.41, 5.74) is -0.693. The second-order valence-electron chi connectivity index (χ2n) is 4.74. The summed E-state index contributed by atoms with van der Waals surface area (Å²) in [6.07, 6.45) is -3.22. The molecule has 1 aliphatic rings. The fraction of sp³-hybridized carbons (Fsp3) is 0.385. The van der Waals surface area contributed by atoms with Crippen molar-refractivity contribution >= 4 is 22.7 Å². The summed E-state index contributed by atoms with van der Waals surface area (Å²) in [4.78, 5) is 16.1. The summed E-state index contributed by atoms with van der Waals surface area (Å²) in [7, 11) is 1.52. The van der Waals surface area contributed by atoms with E-state index in [1.807, 2.05) is 0 Å². The van der Waals surface area contributed by atoms with E-state index in [-0.39, 0.29) is 6.04 Å². The lowest BCUT2D eigenvalue weighted by Crippen LogP contribution is -2.33. The molecule has 0 bridgehead atoms. The zero-order chi connectivity index (χ0) is 15.2. The summed E-state index contributed by atoms with van der Waals surface area (Å²) in [5, 5.41) is 0.313. The molecule has 0 spiro atoms. The van der Waals surface area contributed by atoms with Gasteiger partial charge in [-0.3, -0.25) is 4.57 Å². The number of aromatic nitrogens is 2. The van der Waals surface area contributed by atoms with Gasteiger partial charge in [-0.2, -0.15) is 13.2 Å². The molecule has 1 aromatic heterocycles. The van der Waals surface area contributed by atoms with E-state index in [2.05, 4.69) is 4.98 Å². The first-order chi connectivity index (χ1) is 9.91. The molecule has 21 heavy (non-hydrogen) atoms. The van der Waals surface area contributed by atoms with Crippen molar-refractivity contribution in [1.29, 1.82) is 0 Å². The number of methoxy groups -OCH3 is 1. The van der Waals surface area contributed by atoms with E-state index in [0.717, 1.165) is 12.1 Å². The normalized spacial score (nSPS) is 18.2. The quantitative estimate of drug-likeness (QED) is 0.854. The van der Waals surface area contributed by atoms with Gasteiger partial charge in [0.05, 0.1) is 23.7 Å². The number of hydrogen-bond donors (Lipinski definition) is 0. The first-order valence-corrected chi connectivity index (χ1v) is 7.14. The third-order valence-corrected chi connectivity index (χ3v) is 4.52. The minimum Gasteiger partial charge on any atom is -0.383 e. The van der Waals surface area contributed by atoms with Gasteiger partial charge in [0.25, 0.3) is 0 Å². The Balaban J connectivity index is 2.30. The minimum atomic E-state index is -4.42. The molecule has 1 unspecified atom stereocenters. The van der Waals surface area contributed by atoms with Crippen LogP contribution in [0.15, 0.2) is 28.0 Å². The number of halogens is 3. The highest BCUT2D eigenvalue weighted by molar-refractivity contribution is 7.99. The van der Waals surface area contributed by atoms with Crippen LogP contribution in [-0.4, -0.2) is 29.0 Å². The van der Waals surface area contributed by atoms with Crippen molar-refractivity contribution in [3.05, 3.63) is 34.4 Å². The number of alkyl halides is 3. The van der Waals surface area contributed by atoms with Crippen LogP contribution in [0.1, 0.15) is 11.6 Å². The number of ether oxygens (including phenoxy) is 1. The van der Waals surface area contributed by atoms with Gasteiger partial charge in [0.2, 0.25) is 0 Å². The molecule has 3 rings (SSSR count). The molecule has 0 aliphatic carbocycles. The van der Waals surface area contributed by atoms with E-state index >= 15 is 0 Å². The molecule has 0 saturated heterocycles. The fourth-order valence-electron chi connectivity index (χ4n) is 2.46. The van der Waals surface area contributed by atoms with Crippen molar-refractivity contribution in [2.24, 2.45) is 0 Å². The maximum Gasteiger partial charge on any atom is 0.416 e. The van der Waals surface area contributed by atoms with Crippen LogP contribution in [-0.2, 0) is 10.9 Å². The Bertz CT molecular complexity index is 757. The lowest BCUT2D eigenvalue weighted by atomic mass is 10.1. The number of nitrogens with zero attached hydrogens (tertiary/aromatic N) is 2. The zero-order valence-corrected chi connectivity index (χ0v) is 11.8. The van der Waals surface area contributed by atoms with Crippen molar-refractivity contribution in [3.8, 4) is 0 Å². The van der Waals surface area contributed by atoms with Crippen LogP contribution in [0.25, 0.3) is 10.9 Å². The molecule has 0 radical (unpaired) electrons. The topological polar surface area (TPSA) is 44.1 Å². The van der Waals surface area contributed by atoms with Gasteiger partial charge >= 0.3 is 11.9 Å². The van der Waals surface area contributed by atoms with E-state index in [1.165, 1.54) is 29.6 Å². The molecule has 4 nitrogen and oxygen atoms in total. The molecule has 0 amide bonds. The third kappa shape index (κ3) is 2.42. The fourth-order valence-corrected chi connectivity index (χ4v) is 3.64. The molecule has 8 heteroatoms. The number of thioether (sulfide) groups is 1. The second kappa shape index (κ2) is 5.03. The van der Waals surface area contributed by atoms with Crippen LogP contribution in [0.5, 0.6) is 0 Å². The van der Waals surface area contributed by atoms with Crippen molar-refractivity contribution in [3.63, 3.8) is 0 Å². The Kier molecular flexibility index (Phi) is 3.45. The summed E-state index contributed by atoms with van der Waals surface area (Å²) >= 11 is 1.30. The molecular weight excluding hydrogens is 305 g/mol. The molecule has 1 aromatic carbocycles. The summed E-state index contributed by atoms with van der Waals surface area (Å²) in [6, 6.07) is 1.89. The lowest BCUT2D eigenvalue weighted by Gasteiger charge is -2.27. The highest BCUT2D eigenvalue weighted by atomic mass is 32.2. The lowest BCUT2D eigenvalue weighted by molar-refractivity contribution is -0.137. The van der Waals surface area contributed by atoms with Crippen LogP contribution in [0.3, 0.4) is 0 Å². The van der Waals surface area contributed by atoms with Crippen LogP contribution in [0.2, 0.25) is 0 Å². The predicted octanol–water partition coefficient (Wildman–Crippen LogP) is 2.71. The van der Waals surface area contributed by atoms with E-state index in [1.54, 1.807) is 0 Å². The minimum absolute atomic E-state index is 0.229. The Morgan fingerprint density at radius 1 is 1.48 bits per heavy atom. The monoisotopic (exact) mass is 316 g/mol. The van der Waals surface area contributed by atoms with E-state index in [4.69, 9.17) is 4.74 Å². The van der Waals surface area contributed by atoms with Gasteiger partial charge in [-0.15, -0.1) is 11.8 Å². The predicted molar refractivity (Wildman–Crippen MR) is 72.6 cm³/mol. The standard InChI is InChI=1S/C13H11F3N2O2S/c1-20-5-9-6-21-10-3-8(13(14,15)16)2-7-4-17-12(19)18(9)11(7)10/h2-4,9H,5-6H2,1H3. The highest BCUT2D eigenvalue weighted by Gasteiger charge is 2.33. The van der Waals surface area contributed by atoms with Crippen molar-refractivity contribution in [2.45, 2.75) is 17.1 Å². The van der Waals surface area contributed by atoms with Crippen LogP contribution >= 0.6 is 11.8 Å². The Hall–Kier alpha value is -1.54. The molecule has 0 fully saturated rings. The average molecular weight is 316 g/mol. The van der Waals surface area contributed by atoms with Gasteiger partial charge in [-0.25, -0.2) is 9.78 Å². The molecule has 1 atom stereocenters. The number of rotatable bonds is 2. The number of hydrogen-bond acceptors (Lipinski definition) is 4. The van der Waals surface area contributed by atoms with Crippen LogP contribution in [0.4, 0.5) is 13.2 Å². The SMILES string of the molecule is COCC1CSc2cc(C(F)(F)F)cc3cnc(=O)n1c23. The molecule has 1 aliphatic heterocycles. The smallest absolute Gasteiger partial charge is 0.383 e. The van der Waals surface area contributed by atoms with Crippen molar-refractivity contribution in [1.82, 2.24) is 9.55 Å². The largest absolute Gasteiger partial charge is 0.416 e. The molecular formula is C13H11F3N2O2S. The first-order valence-electron chi connectivity index (χ1n) is 6.16. The van der Waals surface area contributed by atoms with Gasteiger partial charge in [0, 0.05) is 29.3 Å². The Labute approximate surface area is 121 Å². The van der Waals surface area contributed by atoms with Crippen LogP contribution < -0.4 is 5.69 Å². The summed E-state index contributed by atoms with van der Waals surface area (Å²) < 4.78 is 45.2. The van der Waals surface area contributed by atoms with Gasteiger partial charge < -0.3 is 4.74 Å². The maximum atomic E-state index is 12.9. The summed E-state index contributed by atoms with van der Waals surface area (Å²) in [5.74, 6) is 0.475. The third-order valence-electron chi connectivity index (χ3n) is 3.35. The Morgan fingerprint density at radius 2 is 2.24 bits per heavy atom. The highest BCUT2D eigenvalue weighted by Crippen LogP contribution is 2.40. The van der Waals surface area contributed by atoms with E-state index < -0.39 is 17.4 Å². The molecule has 0 saturated carbocycles. The maximum absolute atomic E-state index is 12.9. The second-order valence-corrected chi connectivity index (χ2v) is 5.80. The van der Waals surface area contributed by atoms with E-state index in [9.17, 15) is 18.0 Å². The van der Waals surface area contributed by atoms with Crippen molar-refractivity contribution in [2.75, 3.05) is 19.5 Å². The van der Waals surface area contributed by atoms with E-state index in [0.29, 0.717) is 28.2 Å². The summed E-state index contributed by atoms with van der Waals surface area (Å²) in [6.45, 7) is 0.314. The Morgan fingerprint density at radius 3 is 2.90 bits per heavy atom. The molecule has 2 heterocycles.